The number of nitrogens with two attached hydrogens (primary N) is 1. The summed E-state index contributed by atoms with van der Waals surface area (Å²) < 4.78 is 5.74. The average molecular weight is 253 g/mol. The number of nitrogens with zero attached hydrogens (tertiary/aromatic N) is 2. The summed E-state index contributed by atoms with van der Waals surface area (Å²) in [6.45, 7) is 0. The quantitative estimate of drug-likeness (QED) is 0.854. The van der Waals surface area contributed by atoms with Crippen LogP contribution in [0.4, 0.5) is 11.4 Å². The molecule has 0 atom stereocenters. The predicted octanol–water partition coefficient (Wildman–Crippen LogP) is 3.00. The topological polar surface area (TPSA) is 62.3 Å². The van der Waals surface area contributed by atoms with Gasteiger partial charge in [0, 0.05) is 31.9 Å². The molecule has 0 aliphatic carbocycles. The normalized spacial score (nSPS) is 9.74. The minimum Gasteiger partial charge on any atom is -0.455 e. The van der Waals surface area contributed by atoms with Crippen molar-refractivity contribution in [2.75, 3.05) is 24.7 Å². The fraction of sp³-hybridized carbons (Fsp3) is 0.133. The molecule has 2 N–H and O–H groups in total. The van der Waals surface area contributed by atoms with Gasteiger partial charge < -0.3 is 15.4 Å². The molecule has 0 unspecified atom stereocenters. The molecular formula is C15H15N3O. The van der Waals surface area contributed by atoms with Crippen LogP contribution in [0.3, 0.4) is 0 Å². The Morgan fingerprint density at radius 2 is 1.95 bits per heavy atom. The van der Waals surface area contributed by atoms with Gasteiger partial charge in [0.05, 0.1) is 17.3 Å². The fourth-order valence-electron chi connectivity index (χ4n) is 1.64. The number of benzene rings is 2. The van der Waals surface area contributed by atoms with Crippen molar-refractivity contribution in [3.8, 4) is 17.6 Å². The summed E-state index contributed by atoms with van der Waals surface area (Å²) in [6, 6.07) is 14.7. The molecule has 0 spiro atoms. The molecule has 0 amide bonds. The highest BCUT2D eigenvalue weighted by Gasteiger charge is 2.05. The molecule has 0 heterocycles. The molecule has 2 rings (SSSR count). The summed E-state index contributed by atoms with van der Waals surface area (Å²) in [7, 11) is 3.92. The first-order chi connectivity index (χ1) is 9.10. The molecule has 0 radical (unpaired) electrons. The molecule has 0 saturated heterocycles. The van der Waals surface area contributed by atoms with Crippen molar-refractivity contribution >= 4 is 11.4 Å². The van der Waals surface area contributed by atoms with E-state index in [0.717, 1.165) is 5.69 Å². The third-order valence-corrected chi connectivity index (χ3v) is 2.70. The van der Waals surface area contributed by atoms with Crippen LogP contribution in [-0.4, -0.2) is 14.1 Å². The first kappa shape index (κ1) is 12.8. The van der Waals surface area contributed by atoms with Crippen LogP contribution in [0, 0.1) is 11.3 Å². The highest BCUT2D eigenvalue weighted by Crippen LogP contribution is 2.30. The molecule has 2 aromatic carbocycles. The van der Waals surface area contributed by atoms with E-state index in [0.29, 0.717) is 22.7 Å². The molecule has 0 aromatic heterocycles. The number of nitriles is 1. The smallest absolute Gasteiger partial charge is 0.151 e. The highest BCUT2D eigenvalue weighted by molar-refractivity contribution is 5.58. The number of hydrogen-bond donors (Lipinski definition) is 1. The van der Waals surface area contributed by atoms with Gasteiger partial charge in [0.25, 0.3) is 0 Å². The molecule has 0 aliphatic rings. The lowest BCUT2D eigenvalue weighted by molar-refractivity contribution is 0.485. The van der Waals surface area contributed by atoms with Crippen LogP contribution in [-0.2, 0) is 0 Å². The number of anilines is 2. The Hall–Kier alpha value is -2.67. The van der Waals surface area contributed by atoms with E-state index in [1.165, 1.54) is 0 Å². The second-order valence-electron chi connectivity index (χ2n) is 4.36. The molecule has 4 nitrogen and oxygen atoms in total. The van der Waals surface area contributed by atoms with E-state index in [1.807, 2.05) is 43.3 Å². The minimum atomic E-state index is 0.495. The van der Waals surface area contributed by atoms with Gasteiger partial charge in [-0.05, 0) is 24.3 Å². The van der Waals surface area contributed by atoms with Gasteiger partial charge in [-0.2, -0.15) is 5.26 Å². The van der Waals surface area contributed by atoms with Crippen LogP contribution in [0.1, 0.15) is 5.56 Å². The Kier molecular flexibility index (Phi) is 3.58. The fourth-order valence-corrected chi connectivity index (χ4v) is 1.64. The van der Waals surface area contributed by atoms with Gasteiger partial charge in [0.2, 0.25) is 0 Å². The first-order valence-corrected chi connectivity index (χ1v) is 5.85. The van der Waals surface area contributed by atoms with Crippen molar-refractivity contribution in [3.05, 3.63) is 48.0 Å². The third kappa shape index (κ3) is 2.96. The first-order valence-electron chi connectivity index (χ1n) is 5.85. The largest absolute Gasteiger partial charge is 0.455 e. The SMILES string of the molecule is CN(C)c1cccc(Oc2cc(C#N)ccc2N)c1. The second-order valence-corrected chi connectivity index (χ2v) is 4.36. The molecule has 4 heteroatoms. The van der Waals surface area contributed by atoms with E-state index in [2.05, 4.69) is 6.07 Å². The Balaban J connectivity index is 2.31. The summed E-state index contributed by atoms with van der Waals surface area (Å²) in [4.78, 5) is 1.99. The van der Waals surface area contributed by atoms with E-state index in [1.54, 1.807) is 18.2 Å². The van der Waals surface area contributed by atoms with Crippen molar-refractivity contribution in [1.29, 1.82) is 5.26 Å². The Labute approximate surface area is 112 Å². The Morgan fingerprint density at radius 3 is 2.63 bits per heavy atom. The monoisotopic (exact) mass is 253 g/mol. The van der Waals surface area contributed by atoms with Gasteiger partial charge in [-0.15, -0.1) is 0 Å². The van der Waals surface area contributed by atoms with Crippen molar-refractivity contribution in [1.82, 2.24) is 0 Å². The van der Waals surface area contributed by atoms with Gasteiger partial charge in [-0.3, -0.25) is 0 Å². The lowest BCUT2D eigenvalue weighted by Gasteiger charge is -2.14. The lowest BCUT2D eigenvalue weighted by atomic mass is 10.2. The van der Waals surface area contributed by atoms with Gasteiger partial charge in [-0.1, -0.05) is 6.07 Å². The average Bonchev–Trinajstić information content (AvgIpc) is 2.41. The molecule has 2 aromatic rings. The van der Waals surface area contributed by atoms with Crippen LogP contribution < -0.4 is 15.4 Å². The molecule has 0 bridgehead atoms. The third-order valence-electron chi connectivity index (χ3n) is 2.70. The Bertz CT molecular complexity index is 630. The number of nitrogen functional groups attached to an aromatic ring is 1. The summed E-state index contributed by atoms with van der Waals surface area (Å²) in [5, 5.41) is 8.88. The standard InChI is InChI=1S/C15H15N3O/c1-18(2)12-4-3-5-13(9-12)19-15-8-11(10-16)6-7-14(15)17/h3-9H,17H2,1-2H3. The van der Waals surface area contributed by atoms with Gasteiger partial charge in [0.1, 0.15) is 5.75 Å². The number of ether oxygens (including phenoxy) is 1. The molecule has 0 aliphatic heterocycles. The van der Waals surface area contributed by atoms with Crippen LogP contribution in [0.2, 0.25) is 0 Å². The van der Waals surface area contributed by atoms with Crippen molar-refractivity contribution in [2.24, 2.45) is 0 Å². The summed E-state index contributed by atoms with van der Waals surface area (Å²) >= 11 is 0. The number of hydrogen-bond acceptors (Lipinski definition) is 4. The zero-order valence-electron chi connectivity index (χ0n) is 10.9. The van der Waals surface area contributed by atoms with Crippen LogP contribution >= 0.6 is 0 Å². The second kappa shape index (κ2) is 5.32. The van der Waals surface area contributed by atoms with Crippen molar-refractivity contribution < 1.29 is 4.74 Å². The van der Waals surface area contributed by atoms with E-state index >= 15 is 0 Å². The highest BCUT2D eigenvalue weighted by atomic mass is 16.5. The maximum Gasteiger partial charge on any atom is 0.151 e. The molecule has 96 valence electrons. The molecule has 19 heavy (non-hydrogen) atoms. The molecule has 0 fully saturated rings. The van der Waals surface area contributed by atoms with Gasteiger partial charge in [-0.25, -0.2) is 0 Å². The maximum atomic E-state index is 8.88. The van der Waals surface area contributed by atoms with Gasteiger partial charge in [0.15, 0.2) is 5.75 Å². The summed E-state index contributed by atoms with van der Waals surface area (Å²) in [6.07, 6.45) is 0. The minimum absolute atomic E-state index is 0.495. The van der Waals surface area contributed by atoms with Crippen molar-refractivity contribution in [2.45, 2.75) is 0 Å². The van der Waals surface area contributed by atoms with Crippen molar-refractivity contribution in [3.63, 3.8) is 0 Å². The van der Waals surface area contributed by atoms with E-state index < -0.39 is 0 Å². The van der Waals surface area contributed by atoms with E-state index in [-0.39, 0.29) is 0 Å². The molecule has 0 saturated carbocycles. The zero-order chi connectivity index (χ0) is 13.8. The van der Waals surface area contributed by atoms with Crippen LogP contribution in [0.15, 0.2) is 42.5 Å². The van der Waals surface area contributed by atoms with E-state index in [4.69, 9.17) is 15.7 Å². The lowest BCUT2D eigenvalue weighted by Crippen LogP contribution is -2.08. The molecular weight excluding hydrogens is 238 g/mol. The predicted molar refractivity (Wildman–Crippen MR) is 76.4 cm³/mol. The maximum absolute atomic E-state index is 8.88. The van der Waals surface area contributed by atoms with Gasteiger partial charge >= 0.3 is 0 Å². The summed E-state index contributed by atoms with van der Waals surface area (Å²) in [5.41, 5.74) is 7.91. The zero-order valence-corrected chi connectivity index (χ0v) is 10.9. The van der Waals surface area contributed by atoms with E-state index in [9.17, 15) is 0 Å². The number of rotatable bonds is 3. The van der Waals surface area contributed by atoms with Crippen LogP contribution in [0.5, 0.6) is 11.5 Å². The van der Waals surface area contributed by atoms with Crippen LogP contribution in [0.25, 0.3) is 0 Å². The Morgan fingerprint density at radius 1 is 1.16 bits per heavy atom. The summed E-state index contributed by atoms with van der Waals surface area (Å²) in [5.74, 6) is 1.18.